The summed E-state index contributed by atoms with van der Waals surface area (Å²) < 4.78 is 24.2. The fourth-order valence-corrected chi connectivity index (χ4v) is 2.55. The molecule has 7 heteroatoms. The first-order valence-corrected chi connectivity index (χ1v) is 8.28. The molecule has 0 aliphatic rings. The van der Waals surface area contributed by atoms with Gasteiger partial charge in [0.05, 0.1) is 5.56 Å². The highest BCUT2D eigenvalue weighted by atomic mass is 35.5. The van der Waals surface area contributed by atoms with Gasteiger partial charge in [0.25, 0.3) is 5.91 Å². The lowest BCUT2D eigenvalue weighted by Crippen LogP contribution is -2.24. The van der Waals surface area contributed by atoms with Crippen LogP contribution >= 0.6 is 11.6 Å². The number of carbonyl (C=O) groups is 1. The van der Waals surface area contributed by atoms with Crippen LogP contribution in [-0.2, 0) is 13.2 Å². The number of aromatic nitrogens is 1. The summed E-state index contributed by atoms with van der Waals surface area (Å²) in [5.41, 5.74) is 1.35. The van der Waals surface area contributed by atoms with Gasteiger partial charge in [-0.3, -0.25) is 4.79 Å². The number of amides is 1. The quantitative estimate of drug-likeness (QED) is 0.699. The van der Waals surface area contributed by atoms with Crippen molar-refractivity contribution in [3.8, 4) is 5.75 Å². The van der Waals surface area contributed by atoms with Gasteiger partial charge in [-0.05, 0) is 30.7 Å². The van der Waals surface area contributed by atoms with Crippen molar-refractivity contribution in [1.29, 1.82) is 0 Å². The summed E-state index contributed by atoms with van der Waals surface area (Å²) in [6, 6.07) is 13.3. The molecule has 1 aromatic heterocycles. The molecule has 26 heavy (non-hydrogen) atoms. The van der Waals surface area contributed by atoms with Gasteiger partial charge < -0.3 is 14.6 Å². The fraction of sp³-hybridized carbons (Fsp3) is 0.158. The second-order valence-electron chi connectivity index (χ2n) is 5.56. The van der Waals surface area contributed by atoms with Crippen molar-refractivity contribution in [3.05, 3.63) is 82.0 Å². The molecule has 3 rings (SSSR count). The van der Waals surface area contributed by atoms with Crippen LogP contribution in [0, 0.1) is 12.7 Å². The van der Waals surface area contributed by atoms with E-state index in [-0.39, 0.29) is 24.6 Å². The van der Waals surface area contributed by atoms with Crippen molar-refractivity contribution in [2.24, 2.45) is 0 Å². The normalized spacial score (nSPS) is 10.6. The van der Waals surface area contributed by atoms with Crippen LogP contribution in [0.1, 0.15) is 27.4 Å². The molecule has 0 aliphatic carbocycles. The number of ether oxygens (including phenoxy) is 1. The maximum absolute atomic E-state index is 13.7. The molecule has 0 aliphatic heterocycles. The first-order valence-electron chi connectivity index (χ1n) is 7.90. The fourth-order valence-electron chi connectivity index (χ4n) is 2.35. The standard InChI is InChI=1S/C19H16ClFN2O3/c1-12-14(11-25-17-9-5-4-8-16(17)21)18(23-26-12)19(24)22-10-13-6-2-3-7-15(13)20/h2-9H,10-11H2,1H3,(H,22,24). The number of halogens is 2. The SMILES string of the molecule is Cc1onc(C(=O)NCc2ccccc2Cl)c1COc1ccccc1F. The lowest BCUT2D eigenvalue weighted by atomic mass is 10.2. The smallest absolute Gasteiger partial charge is 0.274 e. The number of hydrogen-bond acceptors (Lipinski definition) is 4. The van der Waals surface area contributed by atoms with Crippen LogP contribution in [0.15, 0.2) is 53.1 Å². The molecule has 0 fully saturated rings. The highest BCUT2D eigenvalue weighted by Gasteiger charge is 2.20. The van der Waals surface area contributed by atoms with Crippen molar-refractivity contribution in [3.63, 3.8) is 0 Å². The number of benzene rings is 2. The van der Waals surface area contributed by atoms with E-state index in [1.807, 2.05) is 18.2 Å². The summed E-state index contributed by atoms with van der Waals surface area (Å²) in [5, 5.41) is 7.10. The van der Waals surface area contributed by atoms with E-state index in [1.54, 1.807) is 25.1 Å². The minimum atomic E-state index is -0.480. The van der Waals surface area contributed by atoms with E-state index in [2.05, 4.69) is 10.5 Å². The second kappa shape index (κ2) is 8.01. The number of nitrogens with one attached hydrogen (secondary N) is 1. The van der Waals surface area contributed by atoms with Crippen LogP contribution in [0.25, 0.3) is 0 Å². The summed E-state index contributed by atoms with van der Waals surface area (Å²) in [6.45, 7) is 1.88. The predicted octanol–water partition coefficient (Wildman–Crippen LogP) is 4.28. The maximum atomic E-state index is 13.7. The van der Waals surface area contributed by atoms with Gasteiger partial charge in [-0.15, -0.1) is 0 Å². The van der Waals surface area contributed by atoms with Crippen molar-refractivity contribution in [2.75, 3.05) is 0 Å². The Kier molecular flexibility index (Phi) is 5.53. The zero-order valence-electron chi connectivity index (χ0n) is 14.0. The summed E-state index contributed by atoms with van der Waals surface area (Å²) in [4.78, 5) is 12.4. The van der Waals surface area contributed by atoms with Gasteiger partial charge >= 0.3 is 0 Å². The molecule has 0 bridgehead atoms. The van der Waals surface area contributed by atoms with E-state index >= 15 is 0 Å². The number of aryl methyl sites for hydroxylation is 1. The summed E-state index contributed by atoms with van der Waals surface area (Å²) in [6.07, 6.45) is 0. The van der Waals surface area contributed by atoms with Crippen LogP contribution < -0.4 is 10.1 Å². The van der Waals surface area contributed by atoms with E-state index in [0.717, 1.165) is 5.56 Å². The van der Waals surface area contributed by atoms with E-state index in [9.17, 15) is 9.18 Å². The predicted molar refractivity (Wildman–Crippen MR) is 94.6 cm³/mol. The summed E-state index contributed by atoms with van der Waals surface area (Å²) in [5.74, 6) is -0.375. The van der Waals surface area contributed by atoms with Crippen molar-refractivity contribution >= 4 is 17.5 Å². The van der Waals surface area contributed by atoms with Gasteiger partial charge in [0.1, 0.15) is 12.4 Å². The number of rotatable bonds is 6. The van der Waals surface area contributed by atoms with Crippen LogP contribution in [0.5, 0.6) is 5.75 Å². The Hall–Kier alpha value is -2.86. The number of para-hydroxylation sites is 1. The molecule has 0 saturated heterocycles. The van der Waals surface area contributed by atoms with Crippen LogP contribution in [0.3, 0.4) is 0 Å². The molecule has 1 N–H and O–H groups in total. The Labute approximate surface area is 154 Å². The van der Waals surface area contributed by atoms with E-state index < -0.39 is 11.7 Å². The van der Waals surface area contributed by atoms with Gasteiger partial charge in [-0.25, -0.2) is 4.39 Å². The molecule has 134 valence electrons. The lowest BCUT2D eigenvalue weighted by molar-refractivity contribution is 0.0939. The van der Waals surface area contributed by atoms with Crippen LogP contribution in [0.4, 0.5) is 4.39 Å². The van der Waals surface area contributed by atoms with Crippen LogP contribution in [0.2, 0.25) is 5.02 Å². The first-order chi connectivity index (χ1) is 12.6. The molecule has 1 heterocycles. The topological polar surface area (TPSA) is 64.4 Å². The zero-order valence-corrected chi connectivity index (χ0v) is 14.7. The number of carbonyl (C=O) groups excluding carboxylic acids is 1. The minimum Gasteiger partial charge on any atom is -0.486 e. The largest absolute Gasteiger partial charge is 0.486 e. The van der Waals surface area contributed by atoms with Gasteiger partial charge in [0.15, 0.2) is 17.3 Å². The number of hydrogen-bond donors (Lipinski definition) is 1. The maximum Gasteiger partial charge on any atom is 0.274 e. The molecule has 0 radical (unpaired) electrons. The molecule has 0 unspecified atom stereocenters. The average Bonchev–Trinajstić information content (AvgIpc) is 3.01. The monoisotopic (exact) mass is 374 g/mol. The van der Waals surface area contributed by atoms with Crippen molar-refractivity contribution in [2.45, 2.75) is 20.1 Å². The molecule has 0 atom stereocenters. The van der Waals surface area contributed by atoms with Crippen molar-refractivity contribution in [1.82, 2.24) is 10.5 Å². The molecular weight excluding hydrogens is 359 g/mol. The second-order valence-corrected chi connectivity index (χ2v) is 5.97. The molecule has 3 aromatic rings. The zero-order chi connectivity index (χ0) is 18.5. The van der Waals surface area contributed by atoms with E-state index in [4.69, 9.17) is 20.9 Å². The molecule has 0 saturated carbocycles. The Morgan fingerprint density at radius 3 is 2.73 bits per heavy atom. The van der Waals surface area contributed by atoms with Crippen LogP contribution in [-0.4, -0.2) is 11.1 Å². The molecule has 5 nitrogen and oxygen atoms in total. The Bertz CT molecular complexity index is 927. The third-order valence-corrected chi connectivity index (χ3v) is 4.17. The molecule has 1 amide bonds. The van der Waals surface area contributed by atoms with Gasteiger partial charge in [-0.2, -0.15) is 0 Å². The Morgan fingerprint density at radius 2 is 1.96 bits per heavy atom. The Balaban J connectivity index is 1.70. The Morgan fingerprint density at radius 1 is 1.23 bits per heavy atom. The summed E-state index contributed by atoms with van der Waals surface area (Å²) in [7, 11) is 0. The summed E-state index contributed by atoms with van der Waals surface area (Å²) >= 11 is 6.08. The van der Waals surface area contributed by atoms with E-state index in [1.165, 1.54) is 12.1 Å². The van der Waals surface area contributed by atoms with E-state index in [0.29, 0.717) is 16.3 Å². The highest BCUT2D eigenvalue weighted by Crippen LogP contribution is 2.21. The molecular formula is C19H16ClFN2O3. The minimum absolute atomic E-state index is 0.0366. The molecule has 2 aromatic carbocycles. The van der Waals surface area contributed by atoms with Crippen molar-refractivity contribution < 1.29 is 18.4 Å². The van der Waals surface area contributed by atoms with Gasteiger partial charge in [0.2, 0.25) is 0 Å². The first kappa shape index (κ1) is 17.9. The van der Waals surface area contributed by atoms with Gasteiger partial charge in [-0.1, -0.05) is 47.1 Å². The molecule has 0 spiro atoms. The highest BCUT2D eigenvalue weighted by molar-refractivity contribution is 6.31. The third-order valence-electron chi connectivity index (χ3n) is 3.81. The van der Waals surface area contributed by atoms with Gasteiger partial charge in [0, 0.05) is 11.6 Å². The average molecular weight is 375 g/mol. The lowest BCUT2D eigenvalue weighted by Gasteiger charge is -2.08. The number of nitrogens with zero attached hydrogens (tertiary/aromatic N) is 1. The third kappa shape index (κ3) is 4.03.